The lowest BCUT2D eigenvalue weighted by atomic mass is 9.90. The normalized spacial score (nSPS) is 16.2. The number of ether oxygens (including phenoxy) is 1. The zero-order chi connectivity index (χ0) is 18.5. The van der Waals surface area contributed by atoms with Gasteiger partial charge in [0.25, 0.3) is 0 Å². The molecule has 0 bridgehead atoms. The first-order chi connectivity index (χ1) is 12.6. The lowest BCUT2D eigenvalue weighted by Crippen LogP contribution is -2.42. The van der Waals surface area contributed by atoms with Crippen LogP contribution in [0.15, 0.2) is 41.8 Å². The number of nitrogens with one attached hydrogen (secondary N) is 1. The van der Waals surface area contributed by atoms with Gasteiger partial charge in [-0.2, -0.15) is 0 Å². The molecule has 0 aliphatic carbocycles. The number of benzene rings is 1. The lowest BCUT2D eigenvalue weighted by Gasteiger charge is -2.34. The van der Waals surface area contributed by atoms with Crippen LogP contribution in [0.2, 0.25) is 0 Å². The lowest BCUT2D eigenvalue weighted by molar-refractivity contribution is 0.0600. The van der Waals surface area contributed by atoms with E-state index in [1.165, 1.54) is 7.11 Å². The van der Waals surface area contributed by atoms with Crippen molar-refractivity contribution in [3.8, 4) is 0 Å². The second kappa shape index (κ2) is 8.33. The van der Waals surface area contributed by atoms with Crippen molar-refractivity contribution in [3.05, 3.63) is 52.2 Å². The van der Waals surface area contributed by atoms with Crippen LogP contribution in [0.3, 0.4) is 0 Å². The van der Waals surface area contributed by atoms with E-state index < -0.39 is 12.1 Å². The van der Waals surface area contributed by atoms with E-state index in [2.05, 4.69) is 5.32 Å². The van der Waals surface area contributed by atoms with Crippen molar-refractivity contribution >= 4 is 29.0 Å². The van der Waals surface area contributed by atoms with Gasteiger partial charge in [0.05, 0.1) is 18.8 Å². The van der Waals surface area contributed by atoms with Gasteiger partial charge in [0.2, 0.25) is 0 Å². The Morgan fingerprint density at radius 2 is 2.04 bits per heavy atom. The number of thiophene rings is 1. The fourth-order valence-electron chi connectivity index (χ4n) is 3.15. The molecule has 0 radical (unpaired) electrons. The number of aliphatic hydroxyl groups is 1. The Bertz CT molecular complexity index is 755. The summed E-state index contributed by atoms with van der Waals surface area (Å²) in [6, 6.07) is 10.4. The monoisotopic (exact) mass is 374 g/mol. The molecule has 1 fully saturated rings. The number of methoxy groups -OCH3 is 1. The van der Waals surface area contributed by atoms with Gasteiger partial charge in [0.1, 0.15) is 0 Å². The molecule has 0 saturated carbocycles. The predicted octanol–water partition coefficient (Wildman–Crippen LogP) is 3.51. The van der Waals surface area contributed by atoms with Crippen molar-refractivity contribution < 1.29 is 19.4 Å². The summed E-state index contributed by atoms with van der Waals surface area (Å²) in [5.74, 6) is -0.273. The number of nitrogens with zero attached hydrogens (tertiary/aromatic N) is 1. The van der Waals surface area contributed by atoms with E-state index in [1.54, 1.807) is 40.5 Å². The number of likely N-dealkylation sites (tertiary alicyclic amines) is 1. The topological polar surface area (TPSA) is 78.9 Å². The molecule has 0 spiro atoms. The van der Waals surface area contributed by atoms with Crippen LogP contribution in [-0.4, -0.2) is 42.2 Å². The number of urea groups is 1. The van der Waals surface area contributed by atoms with E-state index in [0.29, 0.717) is 24.3 Å². The fourth-order valence-corrected chi connectivity index (χ4v) is 3.96. The van der Waals surface area contributed by atoms with Crippen molar-refractivity contribution in [1.29, 1.82) is 0 Å². The van der Waals surface area contributed by atoms with Gasteiger partial charge in [-0.1, -0.05) is 12.1 Å². The molecule has 2 amide bonds. The molecular weight excluding hydrogens is 352 g/mol. The molecule has 0 unspecified atom stereocenters. The number of piperidine rings is 1. The zero-order valence-corrected chi connectivity index (χ0v) is 15.4. The molecule has 1 saturated heterocycles. The molecule has 6 nitrogen and oxygen atoms in total. The van der Waals surface area contributed by atoms with E-state index >= 15 is 0 Å². The molecule has 1 aliphatic rings. The number of amides is 2. The van der Waals surface area contributed by atoms with Crippen molar-refractivity contribution in [2.75, 3.05) is 25.5 Å². The second-order valence-corrected chi connectivity index (χ2v) is 7.27. The number of esters is 1. The van der Waals surface area contributed by atoms with E-state index in [9.17, 15) is 14.7 Å². The van der Waals surface area contributed by atoms with Gasteiger partial charge in [-0.25, -0.2) is 9.59 Å². The van der Waals surface area contributed by atoms with Gasteiger partial charge < -0.3 is 20.1 Å². The van der Waals surface area contributed by atoms with Crippen molar-refractivity contribution in [2.24, 2.45) is 5.92 Å². The maximum atomic E-state index is 12.5. The number of rotatable bonds is 4. The highest BCUT2D eigenvalue weighted by atomic mass is 32.1. The standard InChI is InChI=1S/C19H22N2O4S/c1-25-18(23)14-4-2-5-15(12-14)20-19(24)21-9-7-13(8-10-21)17(22)16-6-3-11-26-16/h2-6,11-13,17,22H,7-10H2,1H3,(H,20,24)/t17-/m1/s1. The summed E-state index contributed by atoms with van der Waals surface area (Å²) < 4.78 is 4.69. The average Bonchev–Trinajstić information content (AvgIpc) is 3.22. The average molecular weight is 374 g/mol. The summed E-state index contributed by atoms with van der Waals surface area (Å²) in [5, 5.41) is 15.2. The van der Waals surface area contributed by atoms with Gasteiger partial charge in [-0.15, -0.1) is 11.3 Å². The van der Waals surface area contributed by atoms with E-state index in [-0.39, 0.29) is 11.9 Å². The molecular formula is C19H22N2O4S. The minimum absolute atomic E-state index is 0.167. The molecule has 2 N–H and O–H groups in total. The van der Waals surface area contributed by atoms with Crippen LogP contribution in [0.1, 0.15) is 34.2 Å². The Morgan fingerprint density at radius 1 is 1.27 bits per heavy atom. The highest BCUT2D eigenvalue weighted by Gasteiger charge is 2.28. The SMILES string of the molecule is COC(=O)c1cccc(NC(=O)N2CCC([C@@H](O)c3cccs3)CC2)c1. The van der Waals surface area contributed by atoms with Crippen LogP contribution in [0.4, 0.5) is 10.5 Å². The van der Waals surface area contributed by atoms with Gasteiger partial charge in [-0.05, 0) is 48.4 Å². The quantitative estimate of drug-likeness (QED) is 0.803. The number of aliphatic hydroxyl groups excluding tert-OH is 1. The van der Waals surface area contributed by atoms with E-state index in [1.807, 2.05) is 17.5 Å². The number of carbonyl (C=O) groups excluding carboxylic acids is 2. The summed E-state index contributed by atoms with van der Waals surface area (Å²) in [4.78, 5) is 26.8. The Balaban J connectivity index is 1.55. The van der Waals surface area contributed by atoms with Crippen LogP contribution < -0.4 is 5.32 Å². The molecule has 1 aliphatic heterocycles. The molecule has 2 heterocycles. The molecule has 1 aromatic heterocycles. The smallest absolute Gasteiger partial charge is 0.337 e. The largest absolute Gasteiger partial charge is 0.465 e. The van der Waals surface area contributed by atoms with E-state index in [0.717, 1.165) is 17.7 Å². The molecule has 3 rings (SSSR count). The summed E-state index contributed by atoms with van der Waals surface area (Å²) >= 11 is 1.56. The van der Waals surface area contributed by atoms with E-state index in [4.69, 9.17) is 4.74 Å². The maximum absolute atomic E-state index is 12.5. The van der Waals surface area contributed by atoms with Gasteiger partial charge in [-0.3, -0.25) is 0 Å². The molecule has 2 aromatic rings. The molecule has 138 valence electrons. The number of hydrogen-bond donors (Lipinski definition) is 2. The minimum Gasteiger partial charge on any atom is -0.465 e. The first-order valence-corrected chi connectivity index (χ1v) is 9.42. The van der Waals surface area contributed by atoms with Crippen LogP contribution in [0.25, 0.3) is 0 Å². The van der Waals surface area contributed by atoms with Crippen molar-refractivity contribution in [1.82, 2.24) is 4.90 Å². The summed E-state index contributed by atoms with van der Waals surface area (Å²) in [5.41, 5.74) is 0.946. The third kappa shape index (κ3) is 4.23. The van der Waals surface area contributed by atoms with Gasteiger partial charge in [0, 0.05) is 23.7 Å². The first kappa shape index (κ1) is 18.4. The predicted molar refractivity (Wildman–Crippen MR) is 100 cm³/mol. The maximum Gasteiger partial charge on any atom is 0.337 e. The summed E-state index contributed by atoms with van der Waals surface area (Å²) in [6.45, 7) is 1.19. The van der Waals surface area contributed by atoms with Gasteiger partial charge >= 0.3 is 12.0 Å². The molecule has 1 aromatic carbocycles. The summed E-state index contributed by atoms with van der Waals surface area (Å²) in [6.07, 6.45) is 1.06. The first-order valence-electron chi connectivity index (χ1n) is 8.54. The van der Waals surface area contributed by atoms with Gasteiger partial charge in [0.15, 0.2) is 0 Å². The van der Waals surface area contributed by atoms with Crippen LogP contribution in [0, 0.1) is 5.92 Å². The highest BCUT2D eigenvalue weighted by molar-refractivity contribution is 7.10. The third-order valence-corrected chi connectivity index (χ3v) is 5.59. The Hall–Kier alpha value is -2.38. The minimum atomic E-state index is -0.461. The molecule has 7 heteroatoms. The Kier molecular flexibility index (Phi) is 5.90. The number of hydrogen-bond acceptors (Lipinski definition) is 5. The third-order valence-electron chi connectivity index (χ3n) is 4.64. The fraction of sp³-hybridized carbons (Fsp3) is 0.368. The van der Waals surface area contributed by atoms with Crippen LogP contribution >= 0.6 is 11.3 Å². The number of carbonyl (C=O) groups is 2. The van der Waals surface area contributed by atoms with Crippen molar-refractivity contribution in [3.63, 3.8) is 0 Å². The number of anilines is 1. The van der Waals surface area contributed by atoms with Crippen LogP contribution in [0.5, 0.6) is 0 Å². The van der Waals surface area contributed by atoms with Crippen LogP contribution in [-0.2, 0) is 4.74 Å². The molecule has 26 heavy (non-hydrogen) atoms. The Morgan fingerprint density at radius 3 is 2.69 bits per heavy atom. The zero-order valence-electron chi connectivity index (χ0n) is 14.6. The highest BCUT2D eigenvalue weighted by Crippen LogP contribution is 2.33. The molecule has 1 atom stereocenters. The Labute approximate surface area is 156 Å². The summed E-state index contributed by atoms with van der Waals surface area (Å²) in [7, 11) is 1.32. The van der Waals surface area contributed by atoms with Crippen molar-refractivity contribution in [2.45, 2.75) is 18.9 Å². The second-order valence-electron chi connectivity index (χ2n) is 6.29.